The van der Waals surface area contributed by atoms with Crippen molar-refractivity contribution in [2.24, 2.45) is 0 Å². The first-order chi connectivity index (χ1) is 8.81. The van der Waals surface area contributed by atoms with Crippen molar-refractivity contribution in [3.63, 3.8) is 0 Å². The van der Waals surface area contributed by atoms with Crippen LogP contribution in [0.3, 0.4) is 0 Å². The summed E-state index contributed by atoms with van der Waals surface area (Å²) in [6.45, 7) is 4.08. The van der Waals surface area contributed by atoms with Gasteiger partial charge in [0.2, 0.25) is 0 Å². The molecule has 0 aliphatic heterocycles. The van der Waals surface area contributed by atoms with Crippen LogP contribution in [0.25, 0.3) is 0 Å². The van der Waals surface area contributed by atoms with E-state index in [1.54, 1.807) is 6.08 Å². The summed E-state index contributed by atoms with van der Waals surface area (Å²) in [5.41, 5.74) is 2.72. The number of carbonyl (C=O) groups is 1. The predicted molar refractivity (Wildman–Crippen MR) is 76.3 cm³/mol. The largest absolute Gasteiger partial charge is 0.426 e. The fourth-order valence-electron chi connectivity index (χ4n) is 1.81. The van der Waals surface area contributed by atoms with Gasteiger partial charge < -0.3 is 4.74 Å². The standard InChI is InChI=1S/C16H28O2/c1-3-5-7-8-9-10-11-12-13-14-16(17)18-15-6-4-2/h4,15H,3,5,7-14H2,1-2H3. The summed E-state index contributed by atoms with van der Waals surface area (Å²) < 4.78 is 4.85. The highest BCUT2D eigenvalue weighted by atomic mass is 16.5. The lowest BCUT2D eigenvalue weighted by atomic mass is 10.1. The second-order valence-corrected chi connectivity index (χ2v) is 4.64. The van der Waals surface area contributed by atoms with Crippen molar-refractivity contribution in [3.05, 3.63) is 18.1 Å². The molecule has 0 spiro atoms. The molecule has 0 amide bonds. The van der Waals surface area contributed by atoms with Gasteiger partial charge in [0.25, 0.3) is 0 Å². The van der Waals surface area contributed by atoms with E-state index < -0.39 is 0 Å². The molecule has 0 aromatic heterocycles. The molecular weight excluding hydrogens is 224 g/mol. The third-order valence-electron chi connectivity index (χ3n) is 2.91. The number of carbonyl (C=O) groups excluding carboxylic acids is 1. The topological polar surface area (TPSA) is 26.3 Å². The van der Waals surface area contributed by atoms with Crippen LogP contribution in [0.2, 0.25) is 0 Å². The van der Waals surface area contributed by atoms with Crippen molar-refractivity contribution in [2.45, 2.75) is 78.1 Å². The van der Waals surface area contributed by atoms with E-state index in [1.807, 2.05) is 6.92 Å². The first-order valence-corrected chi connectivity index (χ1v) is 7.36. The molecule has 0 aliphatic carbocycles. The average molecular weight is 252 g/mol. The van der Waals surface area contributed by atoms with Crippen molar-refractivity contribution >= 4 is 5.97 Å². The molecule has 0 N–H and O–H groups in total. The van der Waals surface area contributed by atoms with Gasteiger partial charge >= 0.3 is 5.97 Å². The van der Waals surface area contributed by atoms with Gasteiger partial charge in [-0.3, -0.25) is 4.79 Å². The van der Waals surface area contributed by atoms with Crippen LogP contribution < -0.4 is 0 Å². The molecule has 18 heavy (non-hydrogen) atoms. The molecule has 0 heterocycles. The molecule has 2 nitrogen and oxygen atoms in total. The summed E-state index contributed by atoms with van der Waals surface area (Å²) in [7, 11) is 0. The smallest absolute Gasteiger partial charge is 0.311 e. The molecule has 0 saturated carbocycles. The molecule has 0 atom stereocenters. The van der Waals surface area contributed by atoms with Gasteiger partial charge in [-0.1, -0.05) is 64.0 Å². The van der Waals surface area contributed by atoms with Crippen molar-refractivity contribution in [1.82, 2.24) is 0 Å². The van der Waals surface area contributed by atoms with Gasteiger partial charge in [0.1, 0.15) is 6.26 Å². The van der Waals surface area contributed by atoms with Crippen molar-refractivity contribution in [2.75, 3.05) is 0 Å². The molecule has 0 saturated heterocycles. The Morgan fingerprint density at radius 2 is 1.56 bits per heavy atom. The summed E-state index contributed by atoms with van der Waals surface area (Å²) in [5.74, 6) is -0.146. The van der Waals surface area contributed by atoms with Crippen LogP contribution in [-0.2, 0) is 9.53 Å². The first kappa shape index (κ1) is 17.0. The Labute approximate surface area is 112 Å². The Morgan fingerprint density at radius 3 is 2.11 bits per heavy atom. The molecule has 0 rings (SSSR count). The number of hydrogen-bond donors (Lipinski definition) is 0. The summed E-state index contributed by atoms with van der Waals surface area (Å²) >= 11 is 0. The fourth-order valence-corrected chi connectivity index (χ4v) is 1.81. The summed E-state index contributed by atoms with van der Waals surface area (Å²) in [6, 6.07) is 0. The Morgan fingerprint density at radius 1 is 1.00 bits per heavy atom. The van der Waals surface area contributed by atoms with E-state index in [1.165, 1.54) is 51.2 Å². The summed E-state index contributed by atoms with van der Waals surface area (Å²) in [5, 5.41) is 0. The van der Waals surface area contributed by atoms with Crippen LogP contribution in [0.4, 0.5) is 0 Å². The zero-order chi connectivity index (χ0) is 13.5. The molecular formula is C16H28O2. The Balaban J connectivity index is 3.20. The molecule has 0 fully saturated rings. The maximum atomic E-state index is 11.2. The Hall–Kier alpha value is -1.01. The van der Waals surface area contributed by atoms with Crippen LogP contribution in [0.15, 0.2) is 18.1 Å². The Bertz CT molecular complexity index is 250. The number of esters is 1. The predicted octanol–water partition coefficient (Wildman–Crippen LogP) is 5.14. The highest BCUT2D eigenvalue weighted by Crippen LogP contribution is 2.10. The molecule has 0 unspecified atom stereocenters. The molecule has 0 bridgehead atoms. The fraction of sp³-hybridized carbons (Fsp3) is 0.750. The van der Waals surface area contributed by atoms with Crippen molar-refractivity contribution in [3.8, 4) is 0 Å². The number of allylic oxidation sites excluding steroid dienone is 1. The molecule has 104 valence electrons. The second kappa shape index (κ2) is 14.1. The SMILES string of the molecule is CC=C=COC(=O)CCCCCCCCCCC. The molecule has 0 aliphatic rings. The van der Waals surface area contributed by atoms with E-state index in [2.05, 4.69) is 12.7 Å². The number of rotatable bonds is 11. The van der Waals surface area contributed by atoms with Crippen LogP contribution in [0, 0.1) is 0 Å². The van der Waals surface area contributed by atoms with E-state index >= 15 is 0 Å². The van der Waals surface area contributed by atoms with Crippen LogP contribution in [-0.4, -0.2) is 5.97 Å². The average Bonchev–Trinajstić information content (AvgIpc) is 2.37. The van der Waals surface area contributed by atoms with Crippen LogP contribution >= 0.6 is 0 Å². The molecule has 0 aromatic carbocycles. The van der Waals surface area contributed by atoms with Crippen molar-refractivity contribution in [1.29, 1.82) is 0 Å². The van der Waals surface area contributed by atoms with E-state index in [0.717, 1.165) is 12.8 Å². The zero-order valence-corrected chi connectivity index (χ0v) is 12.0. The normalized spacial score (nSPS) is 9.67. The Kier molecular flexibility index (Phi) is 13.3. The van der Waals surface area contributed by atoms with Gasteiger partial charge in [0.05, 0.1) is 0 Å². The highest BCUT2D eigenvalue weighted by molar-refractivity contribution is 5.69. The van der Waals surface area contributed by atoms with Crippen LogP contribution in [0.5, 0.6) is 0 Å². The maximum Gasteiger partial charge on any atom is 0.311 e. The van der Waals surface area contributed by atoms with E-state index in [0.29, 0.717) is 6.42 Å². The van der Waals surface area contributed by atoms with Gasteiger partial charge in [-0.25, -0.2) is 0 Å². The van der Waals surface area contributed by atoms with Crippen LogP contribution in [0.1, 0.15) is 78.1 Å². The van der Waals surface area contributed by atoms with Gasteiger partial charge in [0, 0.05) is 6.42 Å². The zero-order valence-electron chi connectivity index (χ0n) is 12.0. The monoisotopic (exact) mass is 252 g/mol. The summed E-state index contributed by atoms with van der Waals surface area (Å²) in [4.78, 5) is 11.2. The lowest BCUT2D eigenvalue weighted by Crippen LogP contribution is -1.98. The minimum absolute atomic E-state index is 0.146. The van der Waals surface area contributed by atoms with Crippen molar-refractivity contribution < 1.29 is 9.53 Å². The third-order valence-corrected chi connectivity index (χ3v) is 2.91. The quantitative estimate of drug-likeness (QED) is 0.220. The lowest BCUT2D eigenvalue weighted by molar-refractivity contribution is -0.138. The summed E-state index contributed by atoms with van der Waals surface area (Å²) in [6.07, 6.45) is 14.9. The first-order valence-electron chi connectivity index (χ1n) is 7.36. The number of unbranched alkanes of at least 4 members (excludes halogenated alkanes) is 8. The molecule has 0 aromatic rings. The van der Waals surface area contributed by atoms with Gasteiger partial charge in [-0.05, 0) is 19.4 Å². The second-order valence-electron chi connectivity index (χ2n) is 4.64. The van der Waals surface area contributed by atoms with Gasteiger partial charge in [-0.15, -0.1) is 0 Å². The van der Waals surface area contributed by atoms with E-state index in [9.17, 15) is 4.79 Å². The van der Waals surface area contributed by atoms with E-state index in [-0.39, 0.29) is 5.97 Å². The minimum Gasteiger partial charge on any atom is -0.426 e. The highest BCUT2D eigenvalue weighted by Gasteiger charge is 2.00. The third kappa shape index (κ3) is 13.1. The lowest BCUT2D eigenvalue weighted by Gasteiger charge is -2.01. The van der Waals surface area contributed by atoms with Gasteiger partial charge in [0.15, 0.2) is 0 Å². The minimum atomic E-state index is -0.146. The maximum absolute atomic E-state index is 11.2. The molecule has 2 heteroatoms. The number of ether oxygens (including phenoxy) is 1. The van der Waals surface area contributed by atoms with Gasteiger partial charge in [-0.2, -0.15) is 0 Å². The number of hydrogen-bond acceptors (Lipinski definition) is 2. The van der Waals surface area contributed by atoms with E-state index in [4.69, 9.17) is 4.74 Å². The molecule has 0 radical (unpaired) electrons.